The maximum Gasteiger partial charge on any atom is 0.295 e. The number of aryl methyl sites for hydroxylation is 1. The standard InChI is InChI=1S/C14H22O3S.C11H16O3S.C10H8O6S2.C8H18O3S/c1-13(2,3)10-7-8-12(18(15,16)17)11(9-10)14(4,5)6;1-8-5-6-9(11(2,3)4)7-10(8)15(12,13)14;11-17(12,13)9-5-1-3-7-8(9)4-2-6-10(7)18(14,15)16;1-2-3-4-5-6-7-8-12(9,10)11/h7-9H,1-6H3,(H,15,16,17);5-7H,1-4H3,(H,12,13,14);1-6H,(H,11,12,13)(H,14,15,16);2-8H2,1H3,(H,9,10,11). The lowest BCUT2D eigenvalue weighted by Crippen LogP contribution is -2.19. The number of benzene rings is 4. The van der Waals surface area contributed by atoms with Crippen LogP contribution in [-0.4, -0.2) is 70.6 Å². The Balaban J connectivity index is 0.000000425. The quantitative estimate of drug-likeness (QED) is 0.0691. The van der Waals surface area contributed by atoms with E-state index in [4.69, 9.17) is 18.2 Å². The second kappa shape index (κ2) is 22.3. The van der Waals surface area contributed by atoms with Gasteiger partial charge in [-0.15, -0.1) is 0 Å². The highest BCUT2D eigenvalue weighted by atomic mass is 32.2. The van der Waals surface area contributed by atoms with Crippen molar-refractivity contribution in [1.82, 2.24) is 0 Å². The van der Waals surface area contributed by atoms with E-state index in [-0.39, 0.29) is 42.6 Å². The highest BCUT2D eigenvalue weighted by Crippen LogP contribution is 2.34. The summed E-state index contributed by atoms with van der Waals surface area (Å²) in [5.74, 6) is -0.0842. The van der Waals surface area contributed by atoms with Gasteiger partial charge in [0.25, 0.3) is 50.6 Å². The monoisotopic (exact) mass is 980 g/mol. The smallest absolute Gasteiger partial charge is 0.286 e. The Morgan fingerprint density at radius 2 is 0.810 bits per heavy atom. The van der Waals surface area contributed by atoms with Crippen molar-refractivity contribution in [3.63, 3.8) is 0 Å². The molecule has 5 N–H and O–H groups in total. The van der Waals surface area contributed by atoms with Gasteiger partial charge >= 0.3 is 0 Å². The van der Waals surface area contributed by atoms with E-state index in [0.29, 0.717) is 17.5 Å². The molecule has 20 heteroatoms. The average Bonchev–Trinajstić information content (AvgIpc) is 3.10. The molecule has 63 heavy (non-hydrogen) atoms. The Morgan fingerprint density at radius 1 is 0.429 bits per heavy atom. The lowest BCUT2D eigenvalue weighted by molar-refractivity contribution is 0.474. The van der Waals surface area contributed by atoms with Crippen LogP contribution in [-0.2, 0) is 66.8 Å². The van der Waals surface area contributed by atoms with Gasteiger partial charge in [0.2, 0.25) is 0 Å². The Morgan fingerprint density at radius 3 is 1.17 bits per heavy atom. The van der Waals surface area contributed by atoms with Gasteiger partial charge in [-0.2, -0.15) is 42.1 Å². The Labute approximate surface area is 375 Å². The summed E-state index contributed by atoms with van der Waals surface area (Å²) in [6.45, 7) is 21.8. The maximum absolute atomic E-state index is 11.4. The third kappa shape index (κ3) is 19.8. The lowest BCUT2D eigenvalue weighted by atomic mass is 9.81. The molecule has 0 heterocycles. The predicted octanol–water partition coefficient (Wildman–Crippen LogP) is 9.64. The van der Waals surface area contributed by atoms with Crippen LogP contribution in [0.15, 0.2) is 92.4 Å². The van der Waals surface area contributed by atoms with Crippen molar-refractivity contribution in [1.29, 1.82) is 0 Å². The molecular formula is C43H64O15S5. The van der Waals surface area contributed by atoms with Gasteiger partial charge in [0, 0.05) is 10.8 Å². The molecule has 0 aliphatic carbocycles. The summed E-state index contributed by atoms with van der Waals surface area (Å²) in [4.78, 5) is -0.825. The van der Waals surface area contributed by atoms with Gasteiger partial charge in [-0.05, 0) is 76.1 Å². The molecule has 0 amide bonds. The highest BCUT2D eigenvalue weighted by Gasteiger charge is 2.27. The fourth-order valence-electron chi connectivity index (χ4n) is 5.92. The SMILES string of the molecule is CC(C)(C)c1ccc(S(=O)(=O)O)c(C(C)(C)C)c1.CCCCCCCCS(=O)(=O)O.Cc1ccc(C(C)(C)C)cc1S(=O)(=O)O.O=S(=O)(O)c1cccc2c(S(=O)(=O)O)cccc12. The summed E-state index contributed by atoms with van der Waals surface area (Å²) in [7, 11) is -20.9. The van der Waals surface area contributed by atoms with Crippen molar-refractivity contribution in [2.75, 3.05) is 5.75 Å². The zero-order chi connectivity index (χ0) is 49.2. The van der Waals surface area contributed by atoms with Crippen molar-refractivity contribution in [2.24, 2.45) is 0 Å². The van der Waals surface area contributed by atoms with E-state index >= 15 is 0 Å². The van der Waals surface area contributed by atoms with Crippen LogP contribution in [0.1, 0.15) is 130 Å². The van der Waals surface area contributed by atoms with Crippen LogP contribution in [0.5, 0.6) is 0 Å². The second-order valence-electron chi connectivity index (χ2n) is 18.0. The topological polar surface area (TPSA) is 272 Å². The van der Waals surface area contributed by atoms with Crippen molar-refractivity contribution >= 4 is 61.4 Å². The number of hydrogen-bond donors (Lipinski definition) is 5. The maximum atomic E-state index is 11.4. The molecule has 0 unspecified atom stereocenters. The van der Waals surface area contributed by atoms with Crippen LogP contribution in [0, 0.1) is 6.92 Å². The third-order valence-electron chi connectivity index (χ3n) is 9.42. The summed E-state index contributed by atoms with van der Waals surface area (Å²) in [5.41, 5.74) is 2.63. The van der Waals surface area contributed by atoms with Crippen LogP contribution in [0.2, 0.25) is 0 Å². The minimum atomic E-state index is -4.47. The molecule has 4 aromatic carbocycles. The molecule has 0 radical (unpaired) electrons. The first kappa shape index (κ1) is 57.7. The Kier molecular flexibility index (Phi) is 20.4. The first-order valence-corrected chi connectivity index (χ1v) is 27.2. The highest BCUT2D eigenvalue weighted by molar-refractivity contribution is 7.87. The minimum Gasteiger partial charge on any atom is -0.286 e. The van der Waals surface area contributed by atoms with Gasteiger partial charge in [0.15, 0.2) is 0 Å². The first-order chi connectivity index (χ1) is 28.2. The van der Waals surface area contributed by atoms with Crippen molar-refractivity contribution in [3.8, 4) is 0 Å². The van der Waals surface area contributed by atoms with E-state index in [1.54, 1.807) is 19.1 Å². The number of rotatable bonds is 11. The predicted molar refractivity (Wildman–Crippen MR) is 247 cm³/mol. The molecule has 0 aliphatic rings. The van der Waals surface area contributed by atoms with Gasteiger partial charge < -0.3 is 0 Å². The zero-order valence-corrected chi connectivity index (χ0v) is 41.8. The second-order valence-corrected chi connectivity index (χ2v) is 25.1. The van der Waals surface area contributed by atoms with Crippen LogP contribution >= 0.6 is 0 Å². The summed E-state index contributed by atoms with van der Waals surface area (Å²) < 4.78 is 155. The average molecular weight is 981 g/mol. The minimum absolute atomic E-state index is 0.00278. The molecule has 0 aliphatic heterocycles. The van der Waals surface area contributed by atoms with Crippen LogP contribution in [0.25, 0.3) is 10.8 Å². The summed E-state index contributed by atoms with van der Waals surface area (Å²) in [6, 6.07) is 17.8. The van der Waals surface area contributed by atoms with E-state index in [0.717, 1.165) is 36.1 Å². The molecule has 0 saturated carbocycles. The number of hydrogen-bond acceptors (Lipinski definition) is 10. The van der Waals surface area contributed by atoms with Gasteiger partial charge in [0.05, 0.1) is 15.5 Å². The van der Waals surface area contributed by atoms with Crippen molar-refractivity contribution in [2.45, 2.75) is 151 Å². The molecule has 0 saturated heterocycles. The van der Waals surface area contributed by atoms with Crippen LogP contribution < -0.4 is 0 Å². The van der Waals surface area contributed by atoms with Crippen molar-refractivity contribution in [3.05, 3.63) is 95.1 Å². The number of unbranched alkanes of at least 4 members (excludes halogenated alkanes) is 5. The van der Waals surface area contributed by atoms with Gasteiger partial charge in [-0.25, -0.2) is 0 Å². The summed E-state index contributed by atoms with van der Waals surface area (Å²) in [6.07, 6.45) is 6.14. The first-order valence-electron chi connectivity index (χ1n) is 19.9. The zero-order valence-electron chi connectivity index (χ0n) is 37.7. The molecule has 0 bridgehead atoms. The normalized spacial score (nSPS) is 12.9. The molecular weight excluding hydrogens is 917 g/mol. The Bertz CT molecular complexity index is 2670. The molecule has 0 fully saturated rings. The van der Waals surface area contributed by atoms with Crippen molar-refractivity contribution < 1.29 is 64.9 Å². The molecule has 0 atom stereocenters. The molecule has 0 aromatic heterocycles. The molecule has 4 aromatic rings. The molecule has 356 valence electrons. The fraction of sp³-hybridized carbons (Fsp3) is 0.488. The largest absolute Gasteiger partial charge is 0.295 e. The van der Waals surface area contributed by atoms with Gasteiger partial charge in [0.1, 0.15) is 9.79 Å². The van der Waals surface area contributed by atoms with Crippen LogP contribution in [0.3, 0.4) is 0 Å². The fourth-order valence-corrected chi connectivity index (χ4v) is 9.53. The molecule has 0 spiro atoms. The lowest BCUT2D eigenvalue weighted by Gasteiger charge is -2.26. The van der Waals surface area contributed by atoms with E-state index in [1.165, 1.54) is 55.7 Å². The summed E-state index contributed by atoms with van der Waals surface area (Å²) >= 11 is 0. The van der Waals surface area contributed by atoms with E-state index in [2.05, 4.69) is 27.7 Å². The van der Waals surface area contributed by atoms with Gasteiger partial charge in [-0.1, -0.05) is 150 Å². The third-order valence-corrected chi connectivity index (χ3v) is 14.0. The van der Waals surface area contributed by atoms with E-state index < -0.39 is 60.4 Å². The molecule has 15 nitrogen and oxygen atoms in total. The van der Waals surface area contributed by atoms with E-state index in [9.17, 15) is 46.6 Å². The van der Waals surface area contributed by atoms with E-state index in [1.807, 2.05) is 53.7 Å². The van der Waals surface area contributed by atoms with Crippen LogP contribution in [0.4, 0.5) is 0 Å². The molecule has 4 rings (SSSR count). The summed E-state index contributed by atoms with van der Waals surface area (Å²) in [5, 5.41) is 0.0465. The Hall–Kier alpha value is -3.31. The number of fused-ring (bicyclic) bond motifs is 1. The van der Waals surface area contributed by atoms with Gasteiger partial charge in [-0.3, -0.25) is 22.8 Å².